The largest absolute Gasteiger partial charge is 0.354 e. The molecule has 1 aromatic carbocycles. The predicted molar refractivity (Wildman–Crippen MR) is 112 cm³/mol. The second-order valence-electron chi connectivity index (χ2n) is 7.03. The van der Waals surface area contributed by atoms with Crippen molar-refractivity contribution in [3.05, 3.63) is 35.9 Å². The number of nitrogens with one attached hydrogen (secondary N) is 2. The molecule has 25 heavy (non-hydrogen) atoms. The van der Waals surface area contributed by atoms with Gasteiger partial charge in [0.2, 0.25) is 5.91 Å². The van der Waals surface area contributed by atoms with Gasteiger partial charge >= 0.3 is 0 Å². The van der Waals surface area contributed by atoms with E-state index in [4.69, 9.17) is 5.73 Å². The molecular formula is C19H35Cl2N3O. The number of hydrogen-bond donors (Lipinski definition) is 3. The van der Waals surface area contributed by atoms with Crippen molar-refractivity contribution >= 4 is 30.7 Å². The van der Waals surface area contributed by atoms with Crippen LogP contribution in [0.4, 0.5) is 0 Å². The molecule has 0 aliphatic rings. The SMILES string of the molecule is CCC(CC)(CN)C(=O)NCC(C)(C)NC(C)c1ccccc1.Cl.Cl. The zero-order valence-electron chi connectivity index (χ0n) is 16.1. The second kappa shape index (κ2) is 11.7. The summed E-state index contributed by atoms with van der Waals surface area (Å²) in [6.45, 7) is 11.4. The van der Waals surface area contributed by atoms with Gasteiger partial charge in [-0.2, -0.15) is 0 Å². The molecule has 1 aromatic rings. The highest BCUT2D eigenvalue weighted by molar-refractivity contribution is 5.85. The van der Waals surface area contributed by atoms with Crippen LogP contribution in [0.25, 0.3) is 0 Å². The molecule has 6 heteroatoms. The summed E-state index contributed by atoms with van der Waals surface area (Å²) in [6, 6.07) is 10.5. The summed E-state index contributed by atoms with van der Waals surface area (Å²) >= 11 is 0. The third-order valence-corrected chi connectivity index (χ3v) is 4.82. The molecule has 0 spiro atoms. The lowest BCUT2D eigenvalue weighted by atomic mass is 9.81. The number of halogens is 2. The van der Waals surface area contributed by atoms with Crippen LogP contribution in [-0.4, -0.2) is 24.5 Å². The summed E-state index contributed by atoms with van der Waals surface area (Å²) in [5, 5.41) is 6.68. The van der Waals surface area contributed by atoms with Crippen molar-refractivity contribution in [1.82, 2.24) is 10.6 Å². The van der Waals surface area contributed by atoms with Gasteiger partial charge in [0.15, 0.2) is 0 Å². The Morgan fingerprint density at radius 2 is 1.64 bits per heavy atom. The van der Waals surface area contributed by atoms with E-state index < -0.39 is 5.41 Å². The minimum Gasteiger partial charge on any atom is -0.354 e. The second-order valence-corrected chi connectivity index (χ2v) is 7.03. The lowest BCUT2D eigenvalue weighted by molar-refractivity contribution is -0.131. The third-order valence-electron chi connectivity index (χ3n) is 4.82. The Labute approximate surface area is 165 Å². The van der Waals surface area contributed by atoms with Gasteiger partial charge in [0.05, 0.1) is 5.41 Å². The molecule has 0 fully saturated rings. The first-order chi connectivity index (χ1) is 10.8. The highest BCUT2D eigenvalue weighted by atomic mass is 35.5. The highest BCUT2D eigenvalue weighted by Crippen LogP contribution is 2.25. The minimum atomic E-state index is -0.443. The standard InChI is InChI=1S/C19H33N3O.2ClH/c1-6-19(7-2,13-20)17(23)21-14-18(4,5)22-15(3)16-11-9-8-10-12-16;;/h8-12,15,22H,6-7,13-14,20H2,1-5H3,(H,21,23);2*1H. The number of nitrogens with two attached hydrogens (primary N) is 1. The van der Waals surface area contributed by atoms with Crippen LogP contribution in [0.2, 0.25) is 0 Å². The van der Waals surface area contributed by atoms with Crippen LogP contribution in [0.5, 0.6) is 0 Å². The molecule has 1 atom stereocenters. The molecule has 1 rings (SSSR count). The lowest BCUT2D eigenvalue weighted by Crippen LogP contribution is -2.53. The van der Waals surface area contributed by atoms with E-state index in [2.05, 4.69) is 43.5 Å². The van der Waals surface area contributed by atoms with Crippen molar-refractivity contribution in [1.29, 1.82) is 0 Å². The van der Waals surface area contributed by atoms with Gasteiger partial charge in [0.1, 0.15) is 0 Å². The first-order valence-electron chi connectivity index (χ1n) is 8.61. The van der Waals surface area contributed by atoms with Crippen molar-refractivity contribution in [2.75, 3.05) is 13.1 Å². The molecule has 0 radical (unpaired) electrons. The van der Waals surface area contributed by atoms with E-state index in [-0.39, 0.29) is 42.3 Å². The van der Waals surface area contributed by atoms with Crippen LogP contribution in [0.1, 0.15) is 59.1 Å². The third kappa shape index (κ3) is 7.53. The van der Waals surface area contributed by atoms with E-state index in [0.29, 0.717) is 13.1 Å². The van der Waals surface area contributed by atoms with Crippen molar-refractivity contribution in [3.8, 4) is 0 Å². The molecule has 0 aliphatic heterocycles. The molecule has 0 bridgehead atoms. The van der Waals surface area contributed by atoms with Gasteiger partial charge in [-0.05, 0) is 39.2 Å². The summed E-state index contributed by atoms with van der Waals surface area (Å²) < 4.78 is 0. The normalized spacial score (nSPS) is 12.6. The number of rotatable bonds is 9. The summed E-state index contributed by atoms with van der Waals surface area (Å²) in [7, 11) is 0. The van der Waals surface area contributed by atoms with Gasteiger partial charge < -0.3 is 16.4 Å². The molecule has 0 heterocycles. The van der Waals surface area contributed by atoms with Gasteiger partial charge in [-0.1, -0.05) is 44.2 Å². The van der Waals surface area contributed by atoms with Crippen LogP contribution in [0, 0.1) is 5.41 Å². The van der Waals surface area contributed by atoms with E-state index in [1.165, 1.54) is 5.56 Å². The molecule has 0 saturated carbocycles. The summed E-state index contributed by atoms with van der Waals surface area (Å²) in [4.78, 5) is 12.5. The zero-order valence-corrected chi connectivity index (χ0v) is 17.7. The average molecular weight is 392 g/mol. The van der Waals surface area contributed by atoms with E-state index in [9.17, 15) is 4.79 Å². The Hall–Kier alpha value is -0.810. The van der Waals surface area contributed by atoms with Gasteiger partial charge in [-0.3, -0.25) is 4.79 Å². The maximum absolute atomic E-state index is 12.5. The Morgan fingerprint density at radius 1 is 1.12 bits per heavy atom. The van der Waals surface area contributed by atoms with Crippen molar-refractivity contribution in [2.45, 2.75) is 59.0 Å². The van der Waals surface area contributed by atoms with Gasteiger partial charge in [0, 0.05) is 24.7 Å². The van der Waals surface area contributed by atoms with Crippen LogP contribution >= 0.6 is 24.8 Å². The molecule has 146 valence electrons. The maximum atomic E-state index is 12.5. The minimum absolute atomic E-state index is 0. The zero-order chi connectivity index (χ0) is 17.5. The van der Waals surface area contributed by atoms with Crippen LogP contribution in [-0.2, 0) is 4.79 Å². The van der Waals surface area contributed by atoms with Crippen molar-refractivity contribution < 1.29 is 4.79 Å². The highest BCUT2D eigenvalue weighted by Gasteiger charge is 2.34. The molecule has 0 saturated heterocycles. The smallest absolute Gasteiger partial charge is 0.227 e. The molecule has 0 aliphatic carbocycles. The van der Waals surface area contributed by atoms with Crippen LogP contribution in [0.15, 0.2) is 30.3 Å². The van der Waals surface area contributed by atoms with E-state index >= 15 is 0 Å². The molecule has 1 amide bonds. The fourth-order valence-electron chi connectivity index (χ4n) is 2.90. The van der Waals surface area contributed by atoms with Crippen LogP contribution < -0.4 is 16.4 Å². The predicted octanol–water partition coefficient (Wildman–Crippen LogP) is 3.84. The number of hydrogen-bond acceptors (Lipinski definition) is 3. The average Bonchev–Trinajstić information content (AvgIpc) is 2.55. The molecule has 4 N–H and O–H groups in total. The summed E-state index contributed by atoms with van der Waals surface area (Å²) in [5.74, 6) is 0.0623. The van der Waals surface area contributed by atoms with Crippen molar-refractivity contribution in [3.63, 3.8) is 0 Å². The van der Waals surface area contributed by atoms with Gasteiger partial charge in [0.25, 0.3) is 0 Å². The van der Waals surface area contributed by atoms with Crippen LogP contribution in [0.3, 0.4) is 0 Å². The molecule has 4 nitrogen and oxygen atoms in total. The lowest BCUT2D eigenvalue weighted by Gasteiger charge is -2.34. The number of benzene rings is 1. The first-order valence-corrected chi connectivity index (χ1v) is 8.61. The molecule has 1 unspecified atom stereocenters. The first kappa shape index (κ1) is 26.4. The topological polar surface area (TPSA) is 67.2 Å². The number of carbonyl (C=O) groups is 1. The Balaban J connectivity index is 0. The Morgan fingerprint density at radius 3 is 2.08 bits per heavy atom. The van der Waals surface area contributed by atoms with Gasteiger partial charge in [-0.15, -0.1) is 24.8 Å². The van der Waals surface area contributed by atoms with Crippen molar-refractivity contribution in [2.24, 2.45) is 11.1 Å². The monoisotopic (exact) mass is 391 g/mol. The van der Waals surface area contributed by atoms with E-state index in [0.717, 1.165) is 12.8 Å². The summed E-state index contributed by atoms with van der Waals surface area (Å²) in [6.07, 6.45) is 1.53. The Kier molecular flexibility index (Phi) is 12.4. The molecular weight excluding hydrogens is 357 g/mol. The van der Waals surface area contributed by atoms with Gasteiger partial charge in [-0.25, -0.2) is 0 Å². The quantitative estimate of drug-likeness (QED) is 0.598. The van der Waals surface area contributed by atoms with E-state index in [1.54, 1.807) is 0 Å². The Bertz CT molecular complexity index is 482. The number of carbonyl (C=O) groups excluding carboxylic acids is 1. The number of amides is 1. The fourth-order valence-corrected chi connectivity index (χ4v) is 2.90. The maximum Gasteiger partial charge on any atom is 0.227 e. The van der Waals surface area contributed by atoms with E-state index in [1.807, 2.05) is 32.0 Å². The fraction of sp³-hybridized carbons (Fsp3) is 0.632. The molecule has 0 aromatic heterocycles. The summed E-state index contributed by atoms with van der Waals surface area (Å²) in [5.41, 5.74) is 6.45.